The predicted octanol–water partition coefficient (Wildman–Crippen LogP) is 2.40. The number of aromatic carboxylic acids is 1. The maximum Gasteiger partial charge on any atom is 0.335 e. The number of benzene rings is 2. The Kier molecular flexibility index (Phi) is 5.76. The second-order valence-electron chi connectivity index (χ2n) is 7.29. The summed E-state index contributed by atoms with van der Waals surface area (Å²) >= 11 is 0. The van der Waals surface area contributed by atoms with Crippen molar-refractivity contribution in [3.8, 4) is 0 Å². The van der Waals surface area contributed by atoms with E-state index in [1.165, 1.54) is 30.3 Å². The molecule has 6 nitrogen and oxygen atoms in total. The lowest BCUT2D eigenvalue weighted by Crippen LogP contribution is -2.56. The van der Waals surface area contributed by atoms with Crippen molar-refractivity contribution in [3.63, 3.8) is 0 Å². The van der Waals surface area contributed by atoms with Gasteiger partial charge in [0.05, 0.1) is 11.7 Å². The monoisotopic (exact) mass is 387 g/mol. The van der Waals surface area contributed by atoms with Crippen molar-refractivity contribution in [2.45, 2.75) is 25.5 Å². The molecule has 148 valence electrons. The second-order valence-corrected chi connectivity index (χ2v) is 7.29. The molecule has 1 aliphatic heterocycles. The van der Waals surface area contributed by atoms with Crippen LogP contribution in [0.1, 0.15) is 27.9 Å². The van der Waals surface area contributed by atoms with Crippen molar-refractivity contribution in [1.82, 2.24) is 4.90 Å². The molecule has 0 aliphatic carbocycles. The summed E-state index contributed by atoms with van der Waals surface area (Å²) < 4.78 is 13.5. The number of aliphatic hydroxyl groups excluding tert-OH is 1. The zero-order valence-electron chi connectivity index (χ0n) is 15.2. The van der Waals surface area contributed by atoms with Gasteiger partial charge in [-0.3, -0.25) is 9.69 Å². The van der Waals surface area contributed by atoms with Crippen LogP contribution >= 0.6 is 0 Å². The van der Waals surface area contributed by atoms with Gasteiger partial charge < -0.3 is 15.3 Å². The van der Waals surface area contributed by atoms with Gasteiger partial charge in [0.1, 0.15) is 11.2 Å². The van der Waals surface area contributed by atoms with Gasteiger partial charge in [0, 0.05) is 19.6 Å². The number of hydrogen-bond acceptors (Lipinski definition) is 4. The first-order valence-corrected chi connectivity index (χ1v) is 9.01. The summed E-state index contributed by atoms with van der Waals surface area (Å²) in [5, 5.41) is 29.4. The van der Waals surface area contributed by atoms with E-state index in [0.717, 1.165) is 5.56 Å². The molecule has 7 heteroatoms. The van der Waals surface area contributed by atoms with Crippen molar-refractivity contribution in [3.05, 3.63) is 71.0 Å². The summed E-state index contributed by atoms with van der Waals surface area (Å²) in [6, 6.07) is 12.2. The van der Waals surface area contributed by atoms with Crippen molar-refractivity contribution >= 4 is 11.9 Å². The molecule has 0 saturated carbocycles. The van der Waals surface area contributed by atoms with E-state index < -0.39 is 29.3 Å². The van der Waals surface area contributed by atoms with Crippen LogP contribution in [0.5, 0.6) is 0 Å². The highest BCUT2D eigenvalue weighted by Gasteiger charge is 2.49. The summed E-state index contributed by atoms with van der Waals surface area (Å²) in [5.74, 6) is -2.57. The molecule has 3 rings (SSSR count). The molecule has 2 atom stereocenters. The van der Waals surface area contributed by atoms with Crippen molar-refractivity contribution in [2.24, 2.45) is 5.41 Å². The highest BCUT2D eigenvalue weighted by Crippen LogP contribution is 2.35. The van der Waals surface area contributed by atoms with Crippen LogP contribution in [0.15, 0.2) is 48.5 Å². The topological polar surface area (TPSA) is 98.1 Å². The van der Waals surface area contributed by atoms with Crippen LogP contribution in [0, 0.1) is 11.2 Å². The van der Waals surface area contributed by atoms with E-state index in [1.807, 2.05) is 4.90 Å². The third-order valence-corrected chi connectivity index (χ3v) is 5.30. The fourth-order valence-electron chi connectivity index (χ4n) is 3.78. The van der Waals surface area contributed by atoms with Crippen LogP contribution < -0.4 is 0 Å². The van der Waals surface area contributed by atoms with Crippen molar-refractivity contribution in [2.75, 3.05) is 13.1 Å². The molecule has 28 heavy (non-hydrogen) atoms. The van der Waals surface area contributed by atoms with Gasteiger partial charge in [0.15, 0.2) is 0 Å². The average Bonchev–Trinajstić information content (AvgIpc) is 2.65. The average molecular weight is 387 g/mol. The molecule has 0 aromatic heterocycles. The Morgan fingerprint density at radius 3 is 2.43 bits per heavy atom. The van der Waals surface area contributed by atoms with E-state index in [1.54, 1.807) is 18.2 Å². The van der Waals surface area contributed by atoms with Crippen LogP contribution in [0.3, 0.4) is 0 Å². The minimum atomic E-state index is -1.44. The molecule has 0 spiro atoms. The number of rotatable bonds is 6. The third kappa shape index (κ3) is 4.21. The molecular formula is C21H22FNO5. The summed E-state index contributed by atoms with van der Waals surface area (Å²) in [7, 11) is 0. The SMILES string of the molecule is O=C(O)c1ccc(CN2CC[C@H](O)[C@](Cc3cccc(F)c3)(C(=O)O)C2)cc1. The molecule has 1 aliphatic rings. The second kappa shape index (κ2) is 8.08. The first-order chi connectivity index (χ1) is 13.3. The Morgan fingerprint density at radius 1 is 1.11 bits per heavy atom. The maximum atomic E-state index is 13.5. The Bertz CT molecular complexity index is 869. The number of carboxylic acids is 2. The molecule has 0 amide bonds. The highest BCUT2D eigenvalue weighted by molar-refractivity contribution is 5.87. The molecule has 1 heterocycles. The van der Waals surface area contributed by atoms with Crippen LogP contribution in [0.4, 0.5) is 4.39 Å². The fourth-order valence-corrected chi connectivity index (χ4v) is 3.78. The van der Waals surface area contributed by atoms with E-state index >= 15 is 0 Å². The number of aliphatic carboxylic acids is 1. The molecule has 1 fully saturated rings. The van der Waals surface area contributed by atoms with Gasteiger partial charge in [-0.15, -0.1) is 0 Å². The number of carboxylic acid groups (broad SMARTS) is 2. The Labute approximate surface area is 161 Å². The van der Waals surface area contributed by atoms with Crippen molar-refractivity contribution < 1.29 is 29.3 Å². The highest BCUT2D eigenvalue weighted by atomic mass is 19.1. The zero-order valence-corrected chi connectivity index (χ0v) is 15.2. The van der Waals surface area contributed by atoms with Gasteiger partial charge in [0.2, 0.25) is 0 Å². The van der Waals surface area contributed by atoms with E-state index in [4.69, 9.17) is 5.11 Å². The Morgan fingerprint density at radius 2 is 1.82 bits per heavy atom. The van der Waals surface area contributed by atoms with Gasteiger partial charge in [0.25, 0.3) is 0 Å². The number of hydrogen-bond donors (Lipinski definition) is 3. The molecule has 0 radical (unpaired) electrons. The summed E-state index contributed by atoms with van der Waals surface area (Å²) in [6.45, 7) is 1.06. The number of likely N-dealkylation sites (tertiary alicyclic amines) is 1. The molecule has 0 bridgehead atoms. The summed E-state index contributed by atoms with van der Waals surface area (Å²) in [4.78, 5) is 25.0. The third-order valence-electron chi connectivity index (χ3n) is 5.30. The Balaban J connectivity index is 1.80. The zero-order chi connectivity index (χ0) is 20.3. The van der Waals surface area contributed by atoms with Crippen LogP contribution in [0.2, 0.25) is 0 Å². The van der Waals surface area contributed by atoms with Gasteiger partial charge in [-0.05, 0) is 48.2 Å². The van der Waals surface area contributed by atoms with Crippen LogP contribution in [-0.2, 0) is 17.8 Å². The van der Waals surface area contributed by atoms with E-state index in [2.05, 4.69) is 0 Å². The van der Waals surface area contributed by atoms with Gasteiger partial charge in [-0.1, -0.05) is 24.3 Å². The number of halogens is 1. The van der Waals surface area contributed by atoms with Crippen LogP contribution in [-0.4, -0.2) is 51.4 Å². The maximum absolute atomic E-state index is 13.5. The lowest BCUT2D eigenvalue weighted by Gasteiger charge is -2.43. The largest absolute Gasteiger partial charge is 0.481 e. The standard InChI is InChI=1S/C21H22FNO5/c22-17-3-1-2-15(10-17)11-21(20(27)28)13-23(9-8-18(21)24)12-14-4-6-16(7-5-14)19(25)26/h1-7,10,18,24H,8-9,11-13H2,(H,25,26)(H,27,28)/t18-,21+/m0/s1. The lowest BCUT2D eigenvalue weighted by atomic mass is 9.72. The van der Waals surface area contributed by atoms with Gasteiger partial charge >= 0.3 is 11.9 Å². The number of aliphatic hydroxyl groups is 1. The molecular weight excluding hydrogens is 365 g/mol. The van der Waals surface area contributed by atoms with E-state index in [-0.39, 0.29) is 24.9 Å². The van der Waals surface area contributed by atoms with Gasteiger partial charge in [-0.25, -0.2) is 9.18 Å². The quantitative estimate of drug-likeness (QED) is 0.704. The summed E-state index contributed by atoms with van der Waals surface area (Å²) in [5.41, 5.74) is 0.122. The van der Waals surface area contributed by atoms with Crippen LogP contribution in [0.25, 0.3) is 0 Å². The Hall–Kier alpha value is -2.77. The predicted molar refractivity (Wildman–Crippen MR) is 99.5 cm³/mol. The fraction of sp³-hybridized carbons (Fsp3) is 0.333. The smallest absolute Gasteiger partial charge is 0.335 e. The lowest BCUT2D eigenvalue weighted by molar-refractivity contribution is -0.163. The number of nitrogens with zero attached hydrogens (tertiary/aromatic N) is 1. The van der Waals surface area contributed by atoms with E-state index in [9.17, 15) is 24.2 Å². The molecule has 3 N–H and O–H groups in total. The number of carbonyl (C=O) groups is 2. The van der Waals surface area contributed by atoms with Gasteiger partial charge in [-0.2, -0.15) is 0 Å². The molecule has 0 unspecified atom stereocenters. The van der Waals surface area contributed by atoms with E-state index in [0.29, 0.717) is 18.7 Å². The normalized spacial score (nSPS) is 22.7. The van der Waals surface area contributed by atoms with Crippen molar-refractivity contribution in [1.29, 1.82) is 0 Å². The molecule has 1 saturated heterocycles. The molecule has 2 aromatic rings. The summed E-state index contributed by atoms with van der Waals surface area (Å²) in [6.07, 6.45) is -0.733. The first kappa shape index (κ1) is 20.0. The molecule has 2 aromatic carbocycles. The first-order valence-electron chi connectivity index (χ1n) is 9.01. The minimum absolute atomic E-state index is 0.0235. The number of piperidine rings is 1. The minimum Gasteiger partial charge on any atom is -0.481 e.